The first-order valence-electron chi connectivity index (χ1n) is 4.87. The third-order valence-electron chi connectivity index (χ3n) is 2.07. The van der Waals surface area contributed by atoms with Crippen molar-refractivity contribution in [2.45, 2.75) is 26.3 Å². The molecule has 0 bridgehead atoms. The van der Waals surface area contributed by atoms with Crippen LogP contribution in [-0.2, 0) is 0 Å². The highest BCUT2D eigenvalue weighted by Crippen LogP contribution is 2.14. The zero-order valence-electron chi connectivity index (χ0n) is 8.75. The second-order valence-electron chi connectivity index (χ2n) is 3.28. The third kappa shape index (κ3) is 2.86. The van der Waals surface area contributed by atoms with Gasteiger partial charge in [0, 0.05) is 12.6 Å². The highest BCUT2D eigenvalue weighted by atomic mass is 14.9. The van der Waals surface area contributed by atoms with Crippen LogP contribution in [0.5, 0.6) is 0 Å². The van der Waals surface area contributed by atoms with Crippen molar-refractivity contribution >= 4 is 0 Å². The predicted octanol–water partition coefficient (Wildman–Crippen LogP) is 2.06. The zero-order valence-corrected chi connectivity index (χ0v) is 8.75. The molecule has 1 N–H and O–H groups in total. The maximum Gasteiger partial charge on any atom is 0.0605 e. The highest BCUT2D eigenvalue weighted by molar-refractivity contribution is 5.18. The van der Waals surface area contributed by atoms with Crippen molar-refractivity contribution in [1.29, 1.82) is 0 Å². The van der Waals surface area contributed by atoms with Gasteiger partial charge in [-0.3, -0.25) is 4.98 Å². The Balaban J connectivity index is 2.82. The molecule has 1 unspecified atom stereocenters. The number of hydrogen-bond acceptors (Lipinski definition) is 2. The second-order valence-corrected chi connectivity index (χ2v) is 3.28. The molecule has 0 aliphatic rings. The third-order valence-corrected chi connectivity index (χ3v) is 2.07. The summed E-state index contributed by atoms with van der Waals surface area (Å²) in [5, 5.41) is 3.32. The molecular weight excluding hydrogens is 172 g/mol. The molecular formula is C12H16N2. The molecule has 14 heavy (non-hydrogen) atoms. The quantitative estimate of drug-likeness (QED) is 0.732. The van der Waals surface area contributed by atoms with Crippen molar-refractivity contribution in [2.24, 2.45) is 0 Å². The minimum Gasteiger partial charge on any atom is -0.308 e. The van der Waals surface area contributed by atoms with Gasteiger partial charge in [0.15, 0.2) is 0 Å². The molecule has 0 fully saturated rings. The molecule has 0 radical (unpaired) electrons. The van der Waals surface area contributed by atoms with Crippen LogP contribution in [0.3, 0.4) is 0 Å². The number of pyridine rings is 1. The lowest BCUT2D eigenvalue weighted by molar-refractivity contribution is 0.551. The molecule has 0 amide bonds. The number of nitrogens with zero attached hydrogens (tertiary/aromatic N) is 1. The van der Waals surface area contributed by atoms with E-state index >= 15 is 0 Å². The monoisotopic (exact) mass is 188 g/mol. The van der Waals surface area contributed by atoms with Gasteiger partial charge >= 0.3 is 0 Å². The van der Waals surface area contributed by atoms with Crippen LogP contribution in [0.15, 0.2) is 18.3 Å². The summed E-state index contributed by atoms with van der Waals surface area (Å²) in [4.78, 5) is 4.32. The number of rotatable bonds is 4. The van der Waals surface area contributed by atoms with E-state index in [4.69, 9.17) is 6.42 Å². The lowest BCUT2D eigenvalue weighted by atomic mass is 10.1. The molecule has 1 aromatic rings. The molecule has 74 valence electrons. The van der Waals surface area contributed by atoms with Crippen LogP contribution in [-0.4, -0.2) is 11.5 Å². The predicted molar refractivity (Wildman–Crippen MR) is 58.8 cm³/mol. The summed E-state index contributed by atoms with van der Waals surface area (Å²) in [5.74, 6) is 2.67. The fourth-order valence-electron chi connectivity index (χ4n) is 1.40. The van der Waals surface area contributed by atoms with E-state index in [0.29, 0.717) is 6.42 Å². The van der Waals surface area contributed by atoms with Crippen LogP contribution in [0.2, 0.25) is 0 Å². The van der Waals surface area contributed by atoms with E-state index in [2.05, 4.69) is 36.1 Å². The van der Waals surface area contributed by atoms with Gasteiger partial charge in [-0.15, -0.1) is 12.3 Å². The van der Waals surface area contributed by atoms with E-state index in [9.17, 15) is 0 Å². The van der Waals surface area contributed by atoms with Gasteiger partial charge < -0.3 is 5.32 Å². The molecule has 0 aliphatic carbocycles. The van der Waals surface area contributed by atoms with Crippen LogP contribution >= 0.6 is 0 Å². The SMILES string of the molecule is C#CCC(NCC)c1cc(C)ccn1. The summed E-state index contributed by atoms with van der Waals surface area (Å²) >= 11 is 0. The Morgan fingerprint density at radius 2 is 2.43 bits per heavy atom. The minimum absolute atomic E-state index is 0.185. The summed E-state index contributed by atoms with van der Waals surface area (Å²) in [7, 11) is 0. The fraction of sp³-hybridized carbons (Fsp3) is 0.417. The van der Waals surface area contributed by atoms with Gasteiger partial charge in [0.1, 0.15) is 0 Å². The van der Waals surface area contributed by atoms with E-state index in [-0.39, 0.29) is 6.04 Å². The minimum atomic E-state index is 0.185. The summed E-state index contributed by atoms with van der Waals surface area (Å²) in [6.07, 6.45) is 7.83. The van der Waals surface area contributed by atoms with Crippen molar-refractivity contribution in [1.82, 2.24) is 10.3 Å². The fourth-order valence-corrected chi connectivity index (χ4v) is 1.40. The van der Waals surface area contributed by atoms with Gasteiger partial charge in [-0.1, -0.05) is 6.92 Å². The molecule has 1 aromatic heterocycles. The Morgan fingerprint density at radius 3 is 3.00 bits per heavy atom. The largest absolute Gasteiger partial charge is 0.308 e. The average molecular weight is 188 g/mol. The number of hydrogen-bond donors (Lipinski definition) is 1. The Labute approximate surface area is 85.8 Å². The zero-order chi connectivity index (χ0) is 10.4. The van der Waals surface area contributed by atoms with Crippen LogP contribution in [0, 0.1) is 19.3 Å². The molecule has 0 spiro atoms. The van der Waals surface area contributed by atoms with Gasteiger partial charge in [0.05, 0.1) is 11.7 Å². The van der Waals surface area contributed by atoms with Crippen LogP contribution in [0.25, 0.3) is 0 Å². The Morgan fingerprint density at radius 1 is 1.64 bits per heavy atom. The van der Waals surface area contributed by atoms with Gasteiger partial charge in [-0.05, 0) is 31.2 Å². The van der Waals surface area contributed by atoms with Crippen molar-refractivity contribution < 1.29 is 0 Å². The Hall–Kier alpha value is -1.33. The van der Waals surface area contributed by atoms with E-state index in [1.807, 2.05) is 12.3 Å². The maximum absolute atomic E-state index is 5.32. The van der Waals surface area contributed by atoms with Gasteiger partial charge in [-0.2, -0.15) is 0 Å². The molecule has 2 nitrogen and oxygen atoms in total. The summed E-state index contributed by atoms with van der Waals surface area (Å²) in [6, 6.07) is 4.25. The first-order chi connectivity index (χ1) is 6.77. The second kappa shape index (κ2) is 5.41. The van der Waals surface area contributed by atoms with E-state index in [1.54, 1.807) is 0 Å². The molecule has 0 saturated heterocycles. The summed E-state index contributed by atoms with van der Waals surface area (Å²) in [5.41, 5.74) is 2.25. The van der Waals surface area contributed by atoms with Crippen molar-refractivity contribution in [2.75, 3.05) is 6.54 Å². The summed E-state index contributed by atoms with van der Waals surface area (Å²) in [6.45, 7) is 5.03. The molecule has 0 saturated carbocycles. The van der Waals surface area contributed by atoms with Crippen molar-refractivity contribution in [3.63, 3.8) is 0 Å². The van der Waals surface area contributed by atoms with Gasteiger partial charge in [0.2, 0.25) is 0 Å². The smallest absolute Gasteiger partial charge is 0.0605 e. The number of terminal acetylenes is 1. The van der Waals surface area contributed by atoms with Crippen LogP contribution in [0.1, 0.15) is 30.6 Å². The first kappa shape index (κ1) is 10.7. The Kier molecular flexibility index (Phi) is 4.15. The number of aromatic nitrogens is 1. The van der Waals surface area contributed by atoms with E-state index in [0.717, 1.165) is 12.2 Å². The van der Waals surface area contributed by atoms with E-state index < -0.39 is 0 Å². The first-order valence-corrected chi connectivity index (χ1v) is 4.87. The molecule has 0 aromatic carbocycles. The highest BCUT2D eigenvalue weighted by Gasteiger charge is 2.09. The van der Waals surface area contributed by atoms with Gasteiger partial charge in [-0.25, -0.2) is 0 Å². The topological polar surface area (TPSA) is 24.9 Å². The van der Waals surface area contributed by atoms with Crippen molar-refractivity contribution in [3.05, 3.63) is 29.6 Å². The normalized spacial score (nSPS) is 12.1. The summed E-state index contributed by atoms with van der Waals surface area (Å²) < 4.78 is 0. The molecule has 1 heterocycles. The molecule has 1 atom stereocenters. The lowest BCUT2D eigenvalue weighted by Gasteiger charge is -2.14. The number of nitrogens with one attached hydrogen (secondary N) is 1. The molecule has 1 rings (SSSR count). The van der Waals surface area contributed by atoms with Crippen LogP contribution < -0.4 is 5.32 Å². The Bertz CT molecular complexity index is 325. The van der Waals surface area contributed by atoms with Gasteiger partial charge in [0.25, 0.3) is 0 Å². The average Bonchev–Trinajstić information content (AvgIpc) is 2.17. The maximum atomic E-state index is 5.32. The molecule has 2 heteroatoms. The van der Waals surface area contributed by atoms with Crippen LogP contribution in [0.4, 0.5) is 0 Å². The molecule has 0 aliphatic heterocycles. The van der Waals surface area contributed by atoms with E-state index in [1.165, 1.54) is 5.56 Å². The van der Waals surface area contributed by atoms with Crippen molar-refractivity contribution in [3.8, 4) is 12.3 Å². The standard InChI is InChI=1S/C12H16N2/c1-4-6-11(13-5-2)12-9-10(3)7-8-14-12/h1,7-9,11,13H,5-6H2,2-3H3. The number of aryl methyl sites for hydroxylation is 1. The lowest BCUT2D eigenvalue weighted by Crippen LogP contribution is -2.21.